The van der Waals surface area contributed by atoms with Crippen molar-refractivity contribution in [2.24, 2.45) is 5.73 Å². The van der Waals surface area contributed by atoms with E-state index in [2.05, 4.69) is 9.97 Å². The molecular weight excluding hydrogens is 196 g/mol. The number of nitrogens with zero attached hydrogens (tertiary/aromatic N) is 2. The molecule has 6 heteroatoms. The summed E-state index contributed by atoms with van der Waals surface area (Å²) in [6.45, 7) is 2.46. The highest BCUT2D eigenvalue weighted by Gasteiger charge is 2.12. The summed E-state index contributed by atoms with van der Waals surface area (Å²) in [4.78, 5) is 19.2. The standard InChI is InChI=1S/C9H14N4O2/c1-2-15-9(14)6-5-12-7(3-4-10)13-8(6)11/h5H,2-4,10H2,1H3,(H2,11,12,13). The topological polar surface area (TPSA) is 104 Å². The third-order valence-electron chi connectivity index (χ3n) is 1.73. The lowest BCUT2D eigenvalue weighted by Crippen LogP contribution is -2.13. The van der Waals surface area contributed by atoms with E-state index in [1.807, 2.05) is 0 Å². The van der Waals surface area contributed by atoms with Crippen LogP contribution in [0.4, 0.5) is 5.82 Å². The molecule has 1 rings (SSSR count). The van der Waals surface area contributed by atoms with Crippen LogP contribution in [0, 0.1) is 0 Å². The molecule has 0 aliphatic rings. The average Bonchev–Trinajstić information content (AvgIpc) is 2.18. The van der Waals surface area contributed by atoms with Crippen molar-refractivity contribution in [1.82, 2.24) is 9.97 Å². The highest BCUT2D eigenvalue weighted by Crippen LogP contribution is 2.09. The van der Waals surface area contributed by atoms with Gasteiger partial charge in [-0.05, 0) is 13.5 Å². The van der Waals surface area contributed by atoms with E-state index in [0.717, 1.165) is 0 Å². The molecular formula is C9H14N4O2. The summed E-state index contributed by atoms with van der Waals surface area (Å²) in [6, 6.07) is 0. The molecule has 0 fully saturated rings. The number of aromatic nitrogens is 2. The van der Waals surface area contributed by atoms with Crippen molar-refractivity contribution >= 4 is 11.8 Å². The van der Waals surface area contributed by atoms with E-state index in [1.54, 1.807) is 6.92 Å². The smallest absolute Gasteiger partial charge is 0.343 e. The average molecular weight is 210 g/mol. The second-order valence-electron chi connectivity index (χ2n) is 2.84. The highest BCUT2D eigenvalue weighted by molar-refractivity contribution is 5.93. The molecule has 0 amide bonds. The Hall–Kier alpha value is -1.69. The van der Waals surface area contributed by atoms with Gasteiger partial charge in [0.05, 0.1) is 6.61 Å². The summed E-state index contributed by atoms with van der Waals surface area (Å²) in [5, 5.41) is 0. The van der Waals surface area contributed by atoms with Crippen LogP contribution >= 0.6 is 0 Å². The summed E-state index contributed by atoms with van der Waals surface area (Å²) >= 11 is 0. The monoisotopic (exact) mass is 210 g/mol. The van der Waals surface area contributed by atoms with Gasteiger partial charge in [0.1, 0.15) is 17.2 Å². The second-order valence-corrected chi connectivity index (χ2v) is 2.84. The number of rotatable bonds is 4. The van der Waals surface area contributed by atoms with Gasteiger partial charge in [-0.15, -0.1) is 0 Å². The van der Waals surface area contributed by atoms with Crippen LogP contribution in [0.1, 0.15) is 23.1 Å². The van der Waals surface area contributed by atoms with Crippen LogP contribution in [0.25, 0.3) is 0 Å². The summed E-state index contributed by atoms with van der Waals surface area (Å²) in [5.74, 6) is 0.157. The molecule has 0 atom stereocenters. The van der Waals surface area contributed by atoms with Crippen molar-refractivity contribution in [2.75, 3.05) is 18.9 Å². The quantitative estimate of drug-likeness (QED) is 0.663. The lowest BCUT2D eigenvalue weighted by molar-refractivity contribution is 0.0526. The SMILES string of the molecule is CCOC(=O)c1cnc(CCN)nc1N. The Morgan fingerprint density at radius 2 is 2.33 bits per heavy atom. The fourth-order valence-electron chi connectivity index (χ4n) is 1.05. The van der Waals surface area contributed by atoms with Gasteiger partial charge in [-0.3, -0.25) is 0 Å². The summed E-state index contributed by atoms with van der Waals surface area (Å²) in [6.07, 6.45) is 1.90. The van der Waals surface area contributed by atoms with Crippen LogP contribution in [0.2, 0.25) is 0 Å². The van der Waals surface area contributed by atoms with Gasteiger partial charge in [0.15, 0.2) is 0 Å². The number of hydrogen-bond acceptors (Lipinski definition) is 6. The molecule has 1 heterocycles. The largest absolute Gasteiger partial charge is 0.462 e. The maximum absolute atomic E-state index is 11.3. The van der Waals surface area contributed by atoms with E-state index in [9.17, 15) is 4.79 Å². The Morgan fingerprint density at radius 3 is 2.87 bits per heavy atom. The number of nitrogens with two attached hydrogens (primary N) is 2. The molecule has 0 aliphatic heterocycles. The van der Waals surface area contributed by atoms with Gasteiger partial charge in [-0.2, -0.15) is 0 Å². The predicted molar refractivity (Wildman–Crippen MR) is 55.2 cm³/mol. The van der Waals surface area contributed by atoms with E-state index in [0.29, 0.717) is 25.4 Å². The van der Waals surface area contributed by atoms with Crippen LogP contribution < -0.4 is 11.5 Å². The molecule has 0 aliphatic carbocycles. The first-order valence-corrected chi connectivity index (χ1v) is 4.67. The first kappa shape index (κ1) is 11.4. The zero-order valence-electron chi connectivity index (χ0n) is 8.56. The lowest BCUT2D eigenvalue weighted by atomic mass is 10.3. The van der Waals surface area contributed by atoms with Gasteiger partial charge in [-0.1, -0.05) is 0 Å². The van der Waals surface area contributed by atoms with E-state index < -0.39 is 5.97 Å². The van der Waals surface area contributed by atoms with Crippen LogP contribution in [0.5, 0.6) is 0 Å². The molecule has 4 N–H and O–H groups in total. The molecule has 0 aromatic carbocycles. The molecule has 82 valence electrons. The Kier molecular flexibility index (Phi) is 3.99. The summed E-state index contributed by atoms with van der Waals surface area (Å²) in [7, 11) is 0. The number of nitrogen functional groups attached to an aromatic ring is 1. The van der Waals surface area contributed by atoms with Gasteiger partial charge in [-0.25, -0.2) is 14.8 Å². The van der Waals surface area contributed by atoms with Crippen molar-refractivity contribution in [3.8, 4) is 0 Å². The molecule has 0 saturated heterocycles. The molecule has 6 nitrogen and oxygen atoms in total. The molecule has 0 radical (unpaired) electrons. The minimum atomic E-state index is -0.505. The third-order valence-corrected chi connectivity index (χ3v) is 1.73. The second kappa shape index (κ2) is 5.26. The zero-order chi connectivity index (χ0) is 11.3. The summed E-state index contributed by atoms with van der Waals surface area (Å²) in [5.41, 5.74) is 11.1. The fourth-order valence-corrected chi connectivity index (χ4v) is 1.05. The van der Waals surface area contributed by atoms with Crippen LogP contribution in [-0.2, 0) is 11.2 Å². The Balaban J connectivity index is 2.87. The van der Waals surface area contributed by atoms with Crippen LogP contribution in [-0.4, -0.2) is 29.1 Å². The highest BCUT2D eigenvalue weighted by atomic mass is 16.5. The Morgan fingerprint density at radius 1 is 1.60 bits per heavy atom. The molecule has 0 unspecified atom stereocenters. The van der Waals surface area contributed by atoms with Crippen LogP contribution in [0.15, 0.2) is 6.20 Å². The summed E-state index contributed by atoms with van der Waals surface area (Å²) < 4.78 is 4.78. The van der Waals surface area contributed by atoms with Gasteiger partial charge in [0, 0.05) is 12.6 Å². The van der Waals surface area contributed by atoms with Crippen molar-refractivity contribution in [1.29, 1.82) is 0 Å². The maximum Gasteiger partial charge on any atom is 0.343 e. The molecule has 1 aromatic rings. The van der Waals surface area contributed by atoms with Gasteiger partial charge in [0.2, 0.25) is 0 Å². The third kappa shape index (κ3) is 2.88. The Bertz CT molecular complexity index is 354. The zero-order valence-corrected chi connectivity index (χ0v) is 8.56. The van der Waals surface area contributed by atoms with E-state index in [1.165, 1.54) is 6.20 Å². The van der Waals surface area contributed by atoms with Gasteiger partial charge in [0.25, 0.3) is 0 Å². The maximum atomic E-state index is 11.3. The minimum absolute atomic E-state index is 0.131. The Labute approximate surface area is 87.7 Å². The number of ether oxygens (including phenoxy) is 1. The first-order valence-electron chi connectivity index (χ1n) is 4.67. The van der Waals surface area contributed by atoms with Crippen molar-refractivity contribution < 1.29 is 9.53 Å². The van der Waals surface area contributed by atoms with Crippen molar-refractivity contribution in [3.63, 3.8) is 0 Å². The van der Waals surface area contributed by atoms with Crippen molar-refractivity contribution in [3.05, 3.63) is 17.6 Å². The molecule has 1 aromatic heterocycles. The van der Waals surface area contributed by atoms with E-state index in [-0.39, 0.29) is 11.4 Å². The number of esters is 1. The fraction of sp³-hybridized carbons (Fsp3) is 0.444. The van der Waals surface area contributed by atoms with Crippen LogP contribution in [0.3, 0.4) is 0 Å². The number of carbonyl (C=O) groups is 1. The lowest BCUT2D eigenvalue weighted by Gasteiger charge is -2.05. The predicted octanol–water partition coefficient (Wildman–Crippen LogP) is -0.263. The molecule has 0 spiro atoms. The normalized spacial score (nSPS) is 10.0. The number of anilines is 1. The molecule has 0 saturated carbocycles. The van der Waals surface area contributed by atoms with E-state index in [4.69, 9.17) is 16.2 Å². The molecule has 0 bridgehead atoms. The van der Waals surface area contributed by atoms with Gasteiger partial charge >= 0.3 is 5.97 Å². The van der Waals surface area contributed by atoms with Gasteiger partial charge < -0.3 is 16.2 Å². The minimum Gasteiger partial charge on any atom is -0.462 e. The number of carbonyl (C=O) groups excluding carboxylic acids is 1. The van der Waals surface area contributed by atoms with Crippen molar-refractivity contribution in [2.45, 2.75) is 13.3 Å². The van der Waals surface area contributed by atoms with E-state index >= 15 is 0 Å². The first-order chi connectivity index (χ1) is 7.19. The molecule has 15 heavy (non-hydrogen) atoms. The number of hydrogen-bond donors (Lipinski definition) is 2.